The lowest BCUT2D eigenvalue weighted by molar-refractivity contribution is -0.127. The topological polar surface area (TPSA) is 88.9 Å². The van der Waals surface area contributed by atoms with Gasteiger partial charge < -0.3 is 19.4 Å². The molecule has 0 spiro atoms. The summed E-state index contributed by atoms with van der Waals surface area (Å²) in [4.78, 5) is 37.8. The van der Waals surface area contributed by atoms with Crippen LogP contribution < -0.4 is 5.32 Å². The fraction of sp³-hybridized carbons (Fsp3) is 0.318. The Morgan fingerprint density at radius 3 is 2.45 bits per heavy atom. The third-order valence-corrected chi connectivity index (χ3v) is 4.98. The maximum absolute atomic E-state index is 12.3. The number of carbonyl (C=O) groups excluding carboxylic acids is 3. The normalized spacial score (nSPS) is 14.7. The van der Waals surface area contributed by atoms with Gasteiger partial charge in [0, 0.05) is 31.3 Å². The zero-order valence-electron chi connectivity index (χ0n) is 16.3. The first-order valence-electron chi connectivity index (χ1n) is 9.54. The second kappa shape index (κ2) is 9.73. The summed E-state index contributed by atoms with van der Waals surface area (Å²) in [6, 6.07) is 9.92. The minimum atomic E-state index is -0.433. The molecule has 2 amide bonds. The number of likely N-dealkylation sites (tertiary alicyclic amines) is 1. The van der Waals surface area contributed by atoms with Crippen LogP contribution in [0.1, 0.15) is 39.3 Å². The maximum Gasteiger partial charge on any atom is 0.337 e. The van der Waals surface area contributed by atoms with Crippen molar-refractivity contribution in [3.63, 3.8) is 0 Å². The summed E-state index contributed by atoms with van der Waals surface area (Å²) in [5.41, 5.74) is 0.899. The average molecular weight is 396 g/mol. The number of methoxy groups -OCH3 is 1. The molecule has 0 atom stereocenters. The lowest BCUT2D eigenvalue weighted by atomic mass is 9.96. The number of hydrogen-bond donors (Lipinski definition) is 1. The number of carbonyl (C=O) groups is 3. The second-order valence-corrected chi connectivity index (χ2v) is 6.90. The van der Waals surface area contributed by atoms with Crippen LogP contribution in [0.25, 0.3) is 6.08 Å². The molecule has 3 rings (SSSR count). The molecule has 2 heterocycles. The van der Waals surface area contributed by atoms with Gasteiger partial charge in [0.25, 0.3) is 5.91 Å². The zero-order valence-corrected chi connectivity index (χ0v) is 16.3. The van der Waals surface area contributed by atoms with Crippen LogP contribution in [0.4, 0.5) is 0 Å². The van der Waals surface area contributed by atoms with Crippen molar-refractivity contribution < 1.29 is 23.5 Å². The van der Waals surface area contributed by atoms with E-state index in [2.05, 4.69) is 10.1 Å². The van der Waals surface area contributed by atoms with Crippen molar-refractivity contribution in [2.45, 2.75) is 12.8 Å². The molecule has 1 aromatic carbocycles. The Balaban J connectivity index is 1.42. The van der Waals surface area contributed by atoms with E-state index in [1.807, 2.05) is 4.90 Å². The molecule has 0 unspecified atom stereocenters. The molecule has 0 aliphatic carbocycles. The van der Waals surface area contributed by atoms with Gasteiger partial charge in [-0.15, -0.1) is 0 Å². The van der Waals surface area contributed by atoms with Crippen LogP contribution in [0.15, 0.2) is 53.2 Å². The molecule has 1 saturated heterocycles. The molecular formula is C22H24N2O5. The lowest BCUT2D eigenvalue weighted by Gasteiger charge is -2.31. The molecule has 1 aliphatic rings. The van der Waals surface area contributed by atoms with Crippen molar-refractivity contribution in [2.75, 3.05) is 26.7 Å². The molecule has 152 valence electrons. The van der Waals surface area contributed by atoms with E-state index in [1.54, 1.807) is 48.7 Å². The first kappa shape index (κ1) is 20.4. The van der Waals surface area contributed by atoms with E-state index in [4.69, 9.17) is 4.42 Å². The highest BCUT2D eigenvalue weighted by Crippen LogP contribution is 2.17. The van der Waals surface area contributed by atoms with Gasteiger partial charge in [-0.05, 0) is 61.2 Å². The van der Waals surface area contributed by atoms with Gasteiger partial charge in [-0.25, -0.2) is 4.79 Å². The van der Waals surface area contributed by atoms with Crippen LogP contribution >= 0.6 is 0 Å². The van der Waals surface area contributed by atoms with Gasteiger partial charge in [0.2, 0.25) is 5.91 Å². The Kier molecular flexibility index (Phi) is 6.84. The molecule has 1 aromatic heterocycles. The van der Waals surface area contributed by atoms with Crippen molar-refractivity contribution in [1.29, 1.82) is 0 Å². The van der Waals surface area contributed by atoms with Crippen LogP contribution in [-0.2, 0) is 9.53 Å². The number of furan rings is 1. The number of ether oxygens (including phenoxy) is 1. The van der Waals surface area contributed by atoms with Gasteiger partial charge in [-0.2, -0.15) is 0 Å². The number of rotatable bonds is 6. The maximum atomic E-state index is 12.3. The molecule has 7 heteroatoms. The summed E-state index contributed by atoms with van der Waals surface area (Å²) in [6.07, 6.45) is 6.43. The molecule has 1 fully saturated rings. The van der Waals surface area contributed by atoms with Crippen molar-refractivity contribution in [2.24, 2.45) is 5.92 Å². The molecular weight excluding hydrogens is 372 g/mol. The molecule has 0 radical (unpaired) electrons. The Bertz CT molecular complexity index is 863. The van der Waals surface area contributed by atoms with E-state index in [-0.39, 0.29) is 11.8 Å². The summed E-state index contributed by atoms with van der Waals surface area (Å²) < 4.78 is 9.83. The Hall–Kier alpha value is -3.35. The van der Waals surface area contributed by atoms with E-state index in [9.17, 15) is 14.4 Å². The number of esters is 1. The number of nitrogens with zero attached hydrogens (tertiary/aromatic N) is 1. The fourth-order valence-corrected chi connectivity index (χ4v) is 3.22. The van der Waals surface area contributed by atoms with E-state index in [0.717, 1.165) is 12.8 Å². The average Bonchev–Trinajstić information content (AvgIpc) is 3.29. The van der Waals surface area contributed by atoms with Crippen molar-refractivity contribution in [3.05, 3.63) is 65.6 Å². The Morgan fingerprint density at radius 1 is 1.14 bits per heavy atom. The third-order valence-electron chi connectivity index (χ3n) is 4.98. The summed E-state index contributed by atoms with van der Waals surface area (Å²) >= 11 is 0. The SMILES string of the molecule is COC(=O)c1ccc(C(=O)NCC2CCN(C(=O)/C=C/c3ccco3)CC2)cc1. The highest BCUT2D eigenvalue weighted by molar-refractivity contribution is 5.96. The van der Waals surface area contributed by atoms with Crippen molar-refractivity contribution >= 4 is 23.9 Å². The molecule has 7 nitrogen and oxygen atoms in total. The highest BCUT2D eigenvalue weighted by atomic mass is 16.5. The second-order valence-electron chi connectivity index (χ2n) is 6.90. The minimum Gasteiger partial charge on any atom is -0.465 e. The number of amides is 2. The molecule has 0 bridgehead atoms. The summed E-state index contributed by atoms with van der Waals surface area (Å²) in [5.74, 6) is 0.329. The Morgan fingerprint density at radius 2 is 1.83 bits per heavy atom. The van der Waals surface area contributed by atoms with Gasteiger partial charge in [0.1, 0.15) is 5.76 Å². The number of piperidine rings is 1. The zero-order chi connectivity index (χ0) is 20.6. The van der Waals surface area contributed by atoms with Crippen LogP contribution in [0.5, 0.6) is 0 Å². The highest BCUT2D eigenvalue weighted by Gasteiger charge is 2.22. The molecule has 1 aliphatic heterocycles. The fourth-order valence-electron chi connectivity index (χ4n) is 3.22. The van der Waals surface area contributed by atoms with Gasteiger partial charge in [0.05, 0.1) is 18.9 Å². The van der Waals surface area contributed by atoms with Gasteiger partial charge >= 0.3 is 5.97 Å². The van der Waals surface area contributed by atoms with E-state index < -0.39 is 5.97 Å². The Labute approximate surface area is 169 Å². The van der Waals surface area contributed by atoms with E-state index in [1.165, 1.54) is 13.2 Å². The largest absolute Gasteiger partial charge is 0.465 e. The predicted octanol–water partition coefficient (Wildman–Crippen LogP) is 2.75. The third kappa shape index (κ3) is 5.57. The van der Waals surface area contributed by atoms with Gasteiger partial charge in [-0.3, -0.25) is 9.59 Å². The first-order chi connectivity index (χ1) is 14.1. The van der Waals surface area contributed by atoms with Crippen LogP contribution in [-0.4, -0.2) is 49.4 Å². The molecule has 2 aromatic rings. The standard InChI is InChI=1S/C22H24N2O5/c1-28-22(27)18-6-4-17(5-7-18)21(26)23-15-16-10-12-24(13-11-16)20(25)9-8-19-3-2-14-29-19/h2-9,14,16H,10-13,15H2,1H3,(H,23,26)/b9-8+. The summed E-state index contributed by atoms with van der Waals surface area (Å²) in [7, 11) is 1.32. The van der Waals surface area contributed by atoms with Gasteiger partial charge in [-0.1, -0.05) is 0 Å². The minimum absolute atomic E-state index is 0.0328. The number of benzene rings is 1. The van der Waals surface area contributed by atoms with E-state index in [0.29, 0.717) is 42.4 Å². The van der Waals surface area contributed by atoms with Crippen LogP contribution in [0.2, 0.25) is 0 Å². The lowest BCUT2D eigenvalue weighted by Crippen LogP contribution is -2.41. The molecule has 0 saturated carbocycles. The molecule has 29 heavy (non-hydrogen) atoms. The van der Waals surface area contributed by atoms with Crippen molar-refractivity contribution in [1.82, 2.24) is 10.2 Å². The quantitative estimate of drug-likeness (QED) is 0.599. The first-order valence-corrected chi connectivity index (χ1v) is 9.54. The number of hydrogen-bond acceptors (Lipinski definition) is 5. The predicted molar refractivity (Wildman–Crippen MR) is 107 cm³/mol. The smallest absolute Gasteiger partial charge is 0.337 e. The van der Waals surface area contributed by atoms with Crippen LogP contribution in [0, 0.1) is 5.92 Å². The van der Waals surface area contributed by atoms with Crippen molar-refractivity contribution in [3.8, 4) is 0 Å². The number of nitrogens with one attached hydrogen (secondary N) is 1. The monoisotopic (exact) mass is 396 g/mol. The van der Waals surface area contributed by atoms with Gasteiger partial charge in [0.15, 0.2) is 0 Å². The van der Waals surface area contributed by atoms with Crippen LogP contribution in [0.3, 0.4) is 0 Å². The molecule has 1 N–H and O–H groups in total. The summed E-state index contributed by atoms with van der Waals surface area (Å²) in [6.45, 7) is 1.88. The van der Waals surface area contributed by atoms with E-state index >= 15 is 0 Å². The summed E-state index contributed by atoms with van der Waals surface area (Å²) in [5, 5.41) is 2.93.